The number of urea groups is 1. The summed E-state index contributed by atoms with van der Waals surface area (Å²) in [4.78, 5) is 35.2. The molecule has 2 saturated carbocycles. The van der Waals surface area contributed by atoms with Crippen LogP contribution in [0.25, 0.3) is 0 Å². The Labute approximate surface area is 165 Å². The van der Waals surface area contributed by atoms with Crippen molar-refractivity contribution in [2.75, 3.05) is 6.61 Å². The zero-order valence-electron chi connectivity index (χ0n) is 16.7. The van der Waals surface area contributed by atoms with Crippen LogP contribution in [0, 0.1) is 16.7 Å². The Morgan fingerprint density at radius 3 is 2.39 bits per heavy atom. The van der Waals surface area contributed by atoms with E-state index in [2.05, 4.69) is 31.4 Å². The molecule has 3 amide bonds. The summed E-state index contributed by atoms with van der Waals surface area (Å²) >= 11 is 0. The van der Waals surface area contributed by atoms with Gasteiger partial charge in [-0.25, -0.2) is 9.59 Å². The van der Waals surface area contributed by atoms with Crippen LogP contribution in [0.2, 0.25) is 0 Å². The van der Waals surface area contributed by atoms with E-state index in [-0.39, 0.29) is 35.9 Å². The molecule has 3 unspecified atom stereocenters. The average molecular weight is 387 g/mol. The largest absolute Gasteiger partial charge is 0.452 e. The summed E-state index contributed by atoms with van der Waals surface area (Å²) in [6, 6.07) is 6.11. The second-order valence-corrected chi connectivity index (χ2v) is 8.72. The van der Waals surface area contributed by atoms with Crippen LogP contribution in [0.5, 0.6) is 0 Å². The van der Waals surface area contributed by atoms with Gasteiger partial charge in [0.25, 0.3) is 5.91 Å². The van der Waals surface area contributed by atoms with Gasteiger partial charge in [-0.2, -0.15) is 0 Å². The summed E-state index contributed by atoms with van der Waals surface area (Å²) < 4.78 is 5.16. The number of primary amides is 1. The second kappa shape index (κ2) is 7.45. The van der Waals surface area contributed by atoms with E-state index in [9.17, 15) is 14.4 Å². The molecule has 0 radical (unpaired) electrons. The van der Waals surface area contributed by atoms with Gasteiger partial charge in [0.05, 0.1) is 5.56 Å². The zero-order valence-corrected chi connectivity index (χ0v) is 16.7. The van der Waals surface area contributed by atoms with E-state index in [1.54, 1.807) is 24.3 Å². The van der Waals surface area contributed by atoms with Crippen molar-refractivity contribution < 1.29 is 19.1 Å². The number of nitrogens with two attached hydrogens (primary N) is 1. The summed E-state index contributed by atoms with van der Waals surface area (Å²) in [5.41, 5.74) is 6.49. The molecular formula is C21H29N3O4. The van der Waals surface area contributed by atoms with E-state index in [1.165, 1.54) is 6.42 Å². The normalized spacial score (nSPS) is 27.2. The first-order valence-electron chi connectivity index (χ1n) is 9.72. The second-order valence-electron chi connectivity index (χ2n) is 8.72. The lowest BCUT2D eigenvalue weighted by molar-refractivity contribution is -0.126. The lowest BCUT2D eigenvalue weighted by Gasteiger charge is -2.39. The highest BCUT2D eigenvalue weighted by molar-refractivity contribution is 5.91. The number of benzene rings is 1. The van der Waals surface area contributed by atoms with Gasteiger partial charge in [-0.05, 0) is 53.7 Å². The summed E-state index contributed by atoms with van der Waals surface area (Å²) in [5, 5.41) is 5.56. The molecule has 152 valence electrons. The molecule has 28 heavy (non-hydrogen) atoms. The van der Waals surface area contributed by atoms with Gasteiger partial charge in [0, 0.05) is 12.6 Å². The monoisotopic (exact) mass is 387 g/mol. The van der Waals surface area contributed by atoms with Gasteiger partial charge in [-0.1, -0.05) is 32.9 Å². The van der Waals surface area contributed by atoms with Crippen LogP contribution in [0.4, 0.5) is 4.79 Å². The quantitative estimate of drug-likeness (QED) is 0.651. The fourth-order valence-corrected chi connectivity index (χ4v) is 4.82. The molecule has 3 atom stereocenters. The molecule has 1 aromatic carbocycles. The minimum atomic E-state index is -0.609. The molecule has 1 aromatic rings. The number of hydrogen-bond donors (Lipinski definition) is 3. The highest BCUT2D eigenvalue weighted by Gasteiger charge is 2.61. The third-order valence-corrected chi connectivity index (χ3v) is 7.12. The van der Waals surface area contributed by atoms with Crippen LogP contribution < -0.4 is 16.4 Å². The number of nitrogens with one attached hydrogen (secondary N) is 2. The third-order valence-electron chi connectivity index (χ3n) is 7.12. The standard InChI is InChI=1S/C21H29N3O4/c1-20(2)15-8-9-21(20,3)16(10-15)24-17(25)12-28-18(26)14-6-4-13(5-7-14)11-23-19(22)27/h4-7,15-16H,8-12H2,1-3H3,(H,24,25)(H3,22,23,27). The van der Waals surface area contributed by atoms with Gasteiger partial charge in [0.1, 0.15) is 0 Å². The third kappa shape index (κ3) is 3.70. The fourth-order valence-electron chi connectivity index (χ4n) is 4.82. The van der Waals surface area contributed by atoms with Crippen LogP contribution in [0.15, 0.2) is 24.3 Å². The molecule has 0 aliphatic heterocycles. The average Bonchev–Trinajstić information content (AvgIpc) is 2.98. The van der Waals surface area contributed by atoms with Crippen LogP contribution in [-0.2, 0) is 16.1 Å². The fraction of sp³-hybridized carbons (Fsp3) is 0.571. The van der Waals surface area contributed by atoms with Crippen LogP contribution >= 0.6 is 0 Å². The molecule has 2 bridgehead atoms. The molecule has 3 rings (SSSR count). The van der Waals surface area contributed by atoms with E-state index < -0.39 is 12.0 Å². The van der Waals surface area contributed by atoms with Crippen molar-refractivity contribution in [3.63, 3.8) is 0 Å². The number of hydrogen-bond acceptors (Lipinski definition) is 4. The summed E-state index contributed by atoms with van der Waals surface area (Å²) in [5.74, 6) is -0.179. The number of esters is 1. The van der Waals surface area contributed by atoms with E-state index in [1.807, 2.05) is 0 Å². The number of ether oxygens (including phenoxy) is 1. The Kier molecular flexibility index (Phi) is 5.37. The van der Waals surface area contributed by atoms with Crippen molar-refractivity contribution in [2.24, 2.45) is 22.5 Å². The molecule has 0 spiro atoms. The van der Waals surface area contributed by atoms with Gasteiger partial charge >= 0.3 is 12.0 Å². The van der Waals surface area contributed by atoms with Crippen molar-refractivity contribution in [3.8, 4) is 0 Å². The smallest absolute Gasteiger partial charge is 0.338 e. The van der Waals surface area contributed by atoms with Gasteiger partial charge in [0.2, 0.25) is 0 Å². The van der Waals surface area contributed by atoms with Crippen molar-refractivity contribution >= 4 is 17.9 Å². The molecule has 7 nitrogen and oxygen atoms in total. The van der Waals surface area contributed by atoms with Crippen LogP contribution in [-0.4, -0.2) is 30.6 Å². The van der Waals surface area contributed by atoms with Crippen molar-refractivity contribution in [2.45, 2.75) is 52.6 Å². The maximum absolute atomic E-state index is 12.3. The highest BCUT2D eigenvalue weighted by Crippen LogP contribution is 2.65. The minimum Gasteiger partial charge on any atom is -0.452 e. The molecule has 2 aliphatic rings. The minimum absolute atomic E-state index is 0.0894. The lowest BCUT2D eigenvalue weighted by Crippen LogP contribution is -2.48. The number of amides is 3. The first-order valence-corrected chi connectivity index (χ1v) is 9.72. The predicted octanol–water partition coefficient (Wildman–Crippen LogP) is 2.34. The van der Waals surface area contributed by atoms with Crippen LogP contribution in [0.3, 0.4) is 0 Å². The zero-order chi connectivity index (χ0) is 20.5. The Hall–Kier alpha value is -2.57. The molecular weight excluding hydrogens is 358 g/mol. The number of carbonyl (C=O) groups is 3. The first kappa shape index (κ1) is 20.2. The molecule has 7 heteroatoms. The van der Waals surface area contributed by atoms with E-state index in [4.69, 9.17) is 10.5 Å². The molecule has 4 N–H and O–H groups in total. The number of rotatable bonds is 6. The highest BCUT2D eigenvalue weighted by atomic mass is 16.5. The lowest BCUT2D eigenvalue weighted by atomic mass is 9.69. The first-order chi connectivity index (χ1) is 13.1. The maximum Gasteiger partial charge on any atom is 0.338 e. The van der Waals surface area contributed by atoms with Crippen molar-refractivity contribution in [1.29, 1.82) is 0 Å². The van der Waals surface area contributed by atoms with Crippen molar-refractivity contribution in [3.05, 3.63) is 35.4 Å². The molecule has 2 fully saturated rings. The molecule has 0 heterocycles. The Balaban J connectivity index is 1.48. The molecule has 2 aliphatic carbocycles. The van der Waals surface area contributed by atoms with E-state index in [0.29, 0.717) is 11.5 Å². The van der Waals surface area contributed by atoms with E-state index >= 15 is 0 Å². The van der Waals surface area contributed by atoms with Gasteiger partial charge in [-0.3, -0.25) is 4.79 Å². The maximum atomic E-state index is 12.3. The van der Waals surface area contributed by atoms with Gasteiger partial charge in [0.15, 0.2) is 6.61 Å². The SMILES string of the molecule is CC1(C)C2CCC1(C)C(NC(=O)COC(=O)c1ccc(CNC(N)=O)cc1)C2. The number of carbonyl (C=O) groups excluding carboxylic acids is 3. The molecule has 0 saturated heterocycles. The van der Waals surface area contributed by atoms with Crippen LogP contribution in [0.1, 0.15) is 56.0 Å². The van der Waals surface area contributed by atoms with E-state index in [0.717, 1.165) is 18.4 Å². The summed E-state index contributed by atoms with van der Waals surface area (Å²) in [6.07, 6.45) is 3.33. The Morgan fingerprint density at radius 2 is 1.86 bits per heavy atom. The van der Waals surface area contributed by atoms with Crippen molar-refractivity contribution in [1.82, 2.24) is 10.6 Å². The molecule has 0 aromatic heterocycles. The van der Waals surface area contributed by atoms with Gasteiger partial charge in [-0.15, -0.1) is 0 Å². The summed E-state index contributed by atoms with van der Waals surface area (Å²) in [6.45, 7) is 6.83. The van der Waals surface area contributed by atoms with Gasteiger partial charge < -0.3 is 21.1 Å². The Bertz CT molecular complexity index is 774. The topological polar surface area (TPSA) is 111 Å². The number of fused-ring (bicyclic) bond motifs is 2. The Morgan fingerprint density at radius 1 is 1.18 bits per heavy atom. The summed E-state index contributed by atoms with van der Waals surface area (Å²) in [7, 11) is 0. The predicted molar refractivity (Wildman–Crippen MR) is 104 cm³/mol.